The topological polar surface area (TPSA) is 51.4 Å². The molecule has 1 aliphatic carbocycles. The Morgan fingerprint density at radius 1 is 1.33 bits per heavy atom. The van der Waals surface area contributed by atoms with Crippen LogP contribution in [0.4, 0.5) is 0 Å². The van der Waals surface area contributed by atoms with E-state index in [1.165, 1.54) is 25.7 Å². The number of thiophene rings is 1. The molecule has 2 aromatic heterocycles. The standard InChI is InChI=1S/C15H19N3O2S/c1-2-4-13-12(3-1)18(6-7-19-13)9-14-16-15(17-20-14)11-5-8-21-10-11/h5,8,10,12-13H,1-4,6-7,9H2/t12-,13+/m0/s1. The van der Waals surface area contributed by atoms with Crippen molar-refractivity contribution in [2.45, 2.75) is 44.4 Å². The average Bonchev–Trinajstić information content (AvgIpc) is 3.18. The summed E-state index contributed by atoms with van der Waals surface area (Å²) in [4.78, 5) is 6.99. The number of rotatable bonds is 3. The van der Waals surface area contributed by atoms with Crippen LogP contribution in [0.2, 0.25) is 0 Å². The minimum absolute atomic E-state index is 0.395. The van der Waals surface area contributed by atoms with Crippen LogP contribution in [-0.2, 0) is 11.3 Å². The number of fused-ring (bicyclic) bond motifs is 1. The largest absolute Gasteiger partial charge is 0.375 e. The van der Waals surface area contributed by atoms with Crippen LogP contribution in [0.15, 0.2) is 21.3 Å². The van der Waals surface area contributed by atoms with E-state index in [1.807, 2.05) is 16.8 Å². The highest BCUT2D eigenvalue weighted by Gasteiger charge is 2.34. The van der Waals surface area contributed by atoms with Crippen molar-refractivity contribution in [2.75, 3.05) is 13.2 Å². The maximum Gasteiger partial charge on any atom is 0.241 e. The molecule has 4 rings (SSSR count). The van der Waals surface area contributed by atoms with Crippen molar-refractivity contribution in [3.8, 4) is 11.4 Å². The van der Waals surface area contributed by atoms with Gasteiger partial charge in [0.05, 0.1) is 19.3 Å². The fourth-order valence-electron chi connectivity index (χ4n) is 3.37. The molecule has 5 nitrogen and oxygen atoms in total. The fourth-order valence-corrected chi connectivity index (χ4v) is 4.01. The van der Waals surface area contributed by atoms with Crippen molar-refractivity contribution < 1.29 is 9.26 Å². The predicted molar refractivity (Wildman–Crippen MR) is 80.0 cm³/mol. The molecule has 0 N–H and O–H groups in total. The third kappa shape index (κ3) is 2.75. The Morgan fingerprint density at radius 2 is 2.29 bits per heavy atom. The number of hydrogen-bond acceptors (Lipinski definition) is 6. The van der Waals surface area contributed by atoms with Crippen molar-refractivity contribution in [2.24, 2.45) is 0 Å². The molecule has 0 spiro atoms. The Morgan fingerprint density at radius 3 is 3.19 bits per heavy atom. The highest BCUT2D eigenvalue weighted by Crippen LogP contribution is 2.29. The van der Waals surface area contributed by atoms with Gasteiger partial charge in [-0.15, -0.1) is 0 Å². The Hall–Kier alpha value is -1.24. The zero-order valence-corrected chi connectivity index (χ0v) is 12.7. The van der Waals surface area contributed by atoms with Crippen LogP contribution < -0.4 is 0 Å². The third-order valence-electron chi connectivity index (χ3n) is 4.43. The molecular formula is C15H19N3O2S. The van der Waals surface area contributed by atoms with Gasteiger partial charge in [-0.25, -0.2) is 0 Å². The quantitative estimate of drug-likeness (QED) is 0.872. The first kappa shape index (κ1) is 13.4. The van der Waals surface area contributed by atoms with Gasteiger partial charge in [0.25, 0.3) is 0 Å². The molecule has 1 saturated heterocycles. The molecule has 0 amide bonds. The highest BCUT2D eigenvalue weighted by molar-refractivity contribution is 7.08. The Balaban J connectivity index is 1.47. The lowest BCUT2D eigenvalue weighted by Crippen LogP contribution is -2.52. The van der Waals surface area contributed by atoms with Gasteiger partial charge in [0.15, 0.2) is 0 Å². The summed E-state index contributed by atoms with van der Waals surface area (Å²) in [6, 6.07) is 2.54. The van der Waals surface area contributed by atoms with Crippen molar-refractivity contribution in [1.82, 2.24) is 15.0 Å². The van der Waals surface area contributed by atoms with Crippen molar-refractivity contribution >= 4 is 11.3 Å². The van der Waals surface area contributed by atoms with Gasteiger partial charge >= 0.3 is 0 Å². The van der Waals surface area contributed by atoms with Crippen LogP contribution in [0.5, 0.6) is 0 Å². The number of hydrogen-bond donors (Lipinski definition) is 0. The van der Waals surface area contributed by atoms with Crippen LogP contribution in [0, 0.1) is 0 Å². The summed E-state index contributed by atoms with van der Waals surface area (Å²) in [6.07, 6.45) is 5.39. The minimum Gasteiger partial charge on any atom is -0.375 e. The lowest BCUT2D eigenvalue weighted by molar-refractivity contribution is -0.0933. The molecule has 2 fully saturated rings. The van der Waals surface area contributed by atoms with E-state index in [9.17, 15) is 0 Å². The number of nitrogens with zero attached hydrogens (tertiary/aromatic N) is 3. The molecular weight excluding hydrogens is 286 g/mol. The molecule has 6 heteroatoms. The van der Waals surface area contributed by atoms with Gasteiger partial charge in [0, 0.05) is 23.5 Å². The molecule has 2 aromatic rings. The minimum atomic E-state index is 0.395. The second kappa shape index (κ2) is 5.87. The molecule has 1 aliphatic heterocycles. The van der Waals surface area contributed by atoms with Crippen LogP contribution in [0.25, 0.3) is 11.4 Å². The van der Waals surface area contributed by atoms with E-state index in [2.05, 4.69) is 15.0 Å². The zero-order chi connectivity index (χ0) is 14.1. The Kier molecular flexibility index (Phi) is 3.75. The maximum absolute atomic E-state index is 5.91. The first-order valence-corrected chi connectivity index (χ1v) is 8.55. The van der Waals surface area contributed by atoms with E-state index in [0.29, 0.717) is 23.9 Å². The SMILES string of the molecule is c1cc(-c2noc(CN3CCO[C@@H]4CCCC[C@@H]43)n2)cs1. The second-order valence-electron chi connectivity index (χ2n) is 5.76. The van der Waals surface area contributed by atoms with E-state index in [1.54, 1.807) is 11.3 Å². The first-order valence-electron chi connectivity index (χ1n) is 7.61. The molecule has 3 heterocycles. The summed E-state index contributed by atoms with van der Waals surface area (Å²) in [5.41, 5.74) is 1.03. The van der Waals surface area contributed by atoms with Crippen molar-refractivity contribution in [3.05, 3.63) is 22.7 Å². The molecule has 2 aliphatic rings. The van der Waals surface area contributed by atoms with Gasteiger partial charge < -0.3 is 9.26 Å². The van der Waals surface area contributed by atoms with Crippen LogP contribution >= 0.6 is 11.3 Å². The van der Waals surface area contributed by atoms with Crippen LogP contribution in [0.1, 0.15) is 31.6 Å². The Labute approximate surface area is 127 Å². The summed E-state index contributed by atoms with van der Waals surface area (Å²) < 4.78 is 11.3. The molecule has 1 saturated carbocycles. The second-order valence-corrected chi connectivity index (χ2v) is 6.54. The van der Waals surface area contributed by atoms with Crippen LogP contribution in [0.3, 0.4) is 0 Å². The fraction of sp³-hybridized carbons (Fsp3) is 0.600. The molecule has 0 radical (unpaired) electrons. The number of ether oxygens (including phenoxy) is 1. The molecule has 0 bridgehead atoms. The Bertz CT molecular complexity index is 582. The normalized spacial score (nSPS) is 26.7. The van der Waals surface area contributed by atoms with E-state index in [4.69, 9.17) is 9.26 Å². The smallest absolute Gasteiger partial charge is 0.241 e. The summed E-state index contributed by atoms with van der Waals surface area (Å²) in [6.45, 7) is 2.51. The van der Waals surface area contributed by atoms with Gasteiger partial charge in [0.1, 0.15) is 0 Å². The number of morpholine rings is 1. The molecule has 2 atom stereocenters. The molecule has 0 aromatic carbocycles. The lowest BCUT2D eigenvalue weighted by atomic mass is 9.90. The van der Waals surface area contributed by atoms with E-state index < -0.39 is 0 Å². The average molecular weight is 305 g/mol. The maximum atomic E-state index is 5.91. The van der Waals surface area contributed by atoms with Gasteiger partial charge in [-0.1, -0.05) is 18.0 Å². The summed E-state index contributed by atoms with van der Waals surface area (Å²) in [5.74, 6) is 1.40. The monoisotopic (exact) mass is 305 g/mol. The first-order chi connectivity index (χ1) is 10.4. The summed E-state index contributed by atoms with van der Waals surface area (Å²) in [5, 5.41) is 8.16. The van der Waals surface area contributed by atoms with Crippen LogP contribution in [-0.4, -0.2) is 40.3 Å². The molecule has 21 heavy (non-hydrogen) atoms. The van der Waals surface area contributed by atoms with Crippen molar-refractivity contribution in [3.63, 3.8) is 0 Å². The zero-order valence-electron chi connectivity index (χ0n) is 11.9. The van der Waals surface area contributed by atoms with Gasteiger partial charge in [-0.3, -0.25) is 4.90 Å². The number of aromatic nitrogens is 2. The van der Waals surface area contributed by atoms with Gasteiger partial charge in [0.2, 0.25) is 11.7 Å². The highest BCUT2D eigenvalue weighted by atomic mass is 32.1. The predicted octanol–water partition coefficient (Wildman–Crippen LogP) is 2.94. The summed E-state index contributed by atoms with van der Waals surface area (Å²) in [7, 11) is 0. The van der Waals surface area contributed by atoms with Gasteiger partial charge in [-0.2, -0.15) is 16.3 Å². The third-order valence-corrected chi connectivity index (χ3v) is 5.12. The molecule has 112 valence electrons. The van der Waals surface area contributed by atoms with Gasteiger partial charge in [-0.05, 0) is 24.3 Å². The van der Waals surface area contributed by atoms with E-state index in [-0.39, 0.29) is 0 Å². The van der Waals surface area contributed by atoms with Crippen molar-refractivity contribution in [1.29, 1.82) is 0 Å². The lowest BCUT2D eigenvalue weighted by Gasteiger charge is -2.43. The molecule has 0 unspecified atom stereocenters. The van der Waals surface area contributed by atoms with E-state index >= 15 is 0 Å². The van der Waals surface area contributed by atoms with E-state index in [0.717, 1.165) is 25.3 Å². The summed E-state index contributed by atoms with van der Waals surface area (Å²) >= 11 is 1.65.